The van der Waals surface area contributed by atoms with Crippen LogP contribution in [0.5, 0.6) is 0 Å². The van der Waals surface area contributed by atoms with Crippen LogP contribution < -0.4 is 20.0 Å². The molecule has 0 atom stereocenters. The first-order valence-electron chi connectivity index (χ1n) is 13.3. The average molecular weight is 516 g/mol. The van der Waals surface area contributed by atoms with E-state index in [0.717, 1.165) is 71.9 Å². The van der Waals surface area contributed by atoms with Gasteiger partial charge in [0, 0.05) is 61.4 Å². The average Bonchev–Trinajstić information content (AvgIpc) is 2.91. The quantitative estimate of drug-likeness (QED) is 0.481. The summed E-state index contributed by atoms with van der Waals surface area (Å²) in [4.78, 5) is 31.3. The number of piperazine rings is 1. The second-order valence-corrected chi connectivity index (χ2v) is 10.2. The number of urea groups is 1. The molecule has 1 saturated heterocycles. The number of aryl methyl sites for hydroxylation is 2. The van der Waals surface area contributed by atoms with Crippen LogP contribution in [-0.2, 0) is 13.2 Å². The van der Waals surface area contributed by atoms with Crippen molar-refractivity contribution in [3.63, 3.8) is 0 Å². The van der Waals surface area contributed by atoms with Crippen LogP contribution >= 0.6 is 0 Å². The maximum Gasteiger partial charge on any atom is 0.330 e. The summed E-state index contributed by atoms with van der Waals surface area (Å²) in [6.07, 6.45) is 2.62. The monoisotopic (exact) mass is 515 g/mol. The van der Waals surface area contributed by atoms with Crippen molar-refractivity contribution in [3.8, 4) is 0 Å². The zero-order valence-corrected chi connectivity index (χ0v) is 22.7. The number of aliphatic hydroxyl groups is 1. The summed E-state index contributed by atoms with van der Waals surface area (Å²) in [5, 5.41) is 13.4. The molecule has 9 heteroatoms. The summed E-state index contributed by atoms with van der Waals surface area (Å²) in [7, 11) is 2.13. The molecule has 2 aliphatic heterocycles. The van der Waals surface area contributed by atoms with Crippen molar-refractivity contribution in [1.29, 1.82) is 0 Å². The molecule has 1 fully saturated rings. The van der Waals surface area contributed by atoms with Gasteiger partial charge in [-0.25, -0.2) is 9.78 Å². The number of aromatic nitrogens is 2. The van der Waals surface area contributed by atoms with Gasteiger partial charge in [-0.1, -0.05) is 25.1 Å². The minimum Gasteiger partial charge on any atom is -0.392 e. The molecule has 2 N–H and O–H groups in total. The Kier molecular flexibility index (Phi) is 7.49. The van der Waals surface area contributed by atoms with Gasteiger partial charge in [-0.3, -0.25) is 9.80 Å². The molecule has 0 spiro atoms. The van der Waals surface area contributed by atoms with Crippen LogP contribution in [0.4, 0.5) is 33.6 Å². The maximum atomic E-state index is 13.7. The van der Waals surface area contributed by atoms with E-state index < -0.39 is 0 Å². The first-order chi connectivity index (χ1) is 18.4. The predicted molar refractivity (Wildman–Crippen MR) is 153 cm³/mol. The number of rotatable bonds is 7. The van der Waals surface area contributed by atoms with Gasteiger partial charge in [-0.05, 0) is 56.6 Å². The third-order valence-corrected chi connectivity index (χ3v) is 7.39. The summed E-state index contributed by atoms with van der Waals surface area (Å²) in [6.45, 7) is 11.0. The van der Waals surface area contributed by atoms with Crippen molar-refractivity contribution >= 4 is 34.9 Å². The number of nitrogens with zero attached hydrogens (tertiary/aromatic N) is 6. The van der Waals surface area contributed by atoms with Gasteiger partial charge in [0.05, 0.1) is 18.8 Å². The van der Waals surface area contributed by atoms with Gasteiger partial charge < -0.3 is 20.2 Å². The third kappa shape index (κ3) is 5.04. The lowest BCUT2D eigenvalue weighted by molar-refractivity contribution is 0.249. The number of nitrogens with one attached hydrogen (secondary N) is 1. The van der Waals surface area contributed by atoms with Crippen molar-refractivity contribution in [2.45, 2.75) is 40.3 Å². The molecular weight excluding hydrogens is 478 g/mol. The number of likely N-dealkylation sites (N-methyl/N-ethyl adjacent to an activating group) is 1. The fourth-order valence-corrected chi connectivity index (χ4v) is 5.38. The zero-order valence-electron chi connectivity index (χ0n) is 22.7. The normalized spacial score (nSPS) is 16.1. The van der Waals surface area contributed by atoms with Gasteiger partial charge in [0.2, 0.25) is 5.95 Å². The minimum atomic E-state index is -0.0690. The molecule has 9 nitrogen and oxygen atoms in total. The fraction of sp³-hybridized carbons (Fsp3) is 0.414. The van der Waals surface area contributed by atoms with E-state index in [0.29, 0.717) is 24.9 Å². The van der Waals surface area contributed by atoms with Crippen LogP contribution in [-0.4, -0.2) is 65.8 Å². The van der Waals surface area contributed by atoms with Crippen molar-refractivity contribution in [2.24, 2.45) is 0 Å². The number of aliphatic hydroxyl groups excluding tert-OH is 1. The van der Waals surface area contributed by atoms with Gasteiger partial charge >= 0.3 is 6.03 Å². The number of benzene rings is 2. The molecule has 2 aromatic carbocycles. The SMILES string of the molecule is CCCN1C(=O)N(c2c(C)cccc2C)Cc2cnc(Nc3ccc(N4CCN(C)CC4)c(CO)c3)nc21. The minimum absolute atomic E-state index is 0.0465. The lowest BCUT2D eigenvalue weighted by Gasteiger charge is -2.37. The molecule has 200 valence electrons. The molecule has 0 saturated carbocycles. The zero-order chi connectivity index (χ0) is 26.8. The van der Waals surface area contributed by atoms with Crippen LogP contribution in [0, 0.1) is 13.8 Å². The highest BCUT2D eigenvalue weighted by Crippen LogP contribution is 2.35. The summed E-state index contributed by atoms with van der Waals surface area (Å²) >= 11 is 0. The Morgan fingerprint density at radius 1 is 1.05 bits per heavy atom. The molecule has 0 unspecified atom stereocenters. The Hall–Kier alpha value is -3.69. The number of amides is 2. The maximum absolute atomic E-state index is 13.7. The Balaban J connectivity index is 1.41. The Bertz CT molecular complexity index is 1300. The van der Waals surface area contributed by atoms with E-state index >= 15 is 0 Å². The van der Waals surface area contributed by atoms with Crippen molar-refractivity contribution < 1.29 is 9.90 Å². The van der Waals surface area contributed by atoms with Crippen LogP contribution in [0.25, 0.3) is 0 Å². The van der Waals surface area contributed by atoms with E-state index in [-0.39, 0.29) is 12.6 Å². The molecule has 0 aliphatic carbocycles. The topological polar surface area (TPSA) is 88.1 Å². The highest BCUT2D eigenvalue weighted by Gasteiger charge is 2.34. The molecule has 3 heterocycles. The lowest BCUT2D eigenvalue weighted by Crippen LogP contribution is -2.48. The molecular formula is C29H37N7O2. The van der Waals surface area contributed by atoms with Crippen molar-refractivity contribution in [1.82, 2.24) is 14.9 Å². The highest BCUT2D eigenvalue weighted by atomic mass is 16.3. The van der Waals surface area contributed by atoms with Crippen LogP contribution in [0.3, 0.4) is 0 Å². The van der Waals surface area contributed by atoms with E-state index in [9.17, 15) is 9.90 Å². The van der Waals surface area contributed by atoms with Crippen LogP contribution in [0.2, 0.25) is 0 Å². The largest absolute Gasteiger partial charge is 0.392 e. The Morgan fingerprint density at radius 2 is 1.79 bits per heavy atom. The van der Waals surface area contributed by atoms with E-state index in [1.165, 1.54) is 0 Å². The first-order valence-corrected chi connectivity index (χ1v) is 13.3. The van der Waals surface area contributed by atoms with Gasteiger partial charge in [0.1, 0.15) is 5.82 Å². The summed E-state index contributed by atoms with van der Waals surface area (Å²) in [6, 6.07) is 12.0. The lowest BCUT2D eigenvalue weighted by atomic mass is 10.1. The second-order valence-electron chi connectivity index (χ2n) is 10.2. The number of carbonyl (C=O) groups excluding carboxylic acids is 1. The Morgan fingerprint density at radius 3 is 2.47 bits per heavy atom. The molecule has 0 radical (unpaired) electrons. The molecule has 2 amide bonds. The van der Waals surface area contributed by atoms with E-state index in [4.69, 9.17) is 4.98 Å². The van der Waals surface area contributed by atoms with Gasteiger partial charge in [0.25, 0.3) is 0 Å². The smallest absolute Gasteiger partial charge is 0.330 e. The molecule has 0 bridgehead atoms. The Labute approximate surface area is 224 Å². The molecule has 2 aliphatic rings. The molecule has 38 heavy (non-hydrogen) atoms. The van der Waals surface area contributed by atoms with Crippen LogP contribution in [0.1, 0.15) is 35.6 Å². The van der Waals surface area contributed by atoms with Gasteiger partial charge in [-0.15, -0.1) is 0 Å². The summed E-state index contributed by atoms with van der Waals surface area (Å²) in [5.41, 5.74) is 6.71. The van der Waals surface area contributed by atoms with Gasteiger partial charge in [0.15, 0.2) is 0 Å². The number of carbonyl (C=O) groups is 1. The fourth-order valence-electron chi connectivity index (χ4n) is 5.38. The number of hydrogen-bond acceptors (Lipinski definition) is 7. The van der Waals surface area contributed by atoms with Crippen molar-refractivity contribution in [2.75, 3.05) is 59.8 Å². The van der Waals surface area contributed by atoms with Crippen LogP contribution in [0.15, 0.2) is 42.6 Å². The molecule has 3 aromatic rings. The highest BCUT2D eigenvalue weighted by molar-refractivity contribution is 6.06. The number of fused-ring (bicyclic) bond motifs is 1. The first kappa shape index (κ1) is 25.9. The molecule has 5 rings (SSSR count). The number of para-hydroxylation sites is 1. The van der Waals surface area contributed by atoms with E-state index in [1.54, 1.807) is 4.90 Å². The summed E-state index contributed by atoms with van der Waals surface area (Å²) < 4.78 is 0. The third-order valence-electron chi connectivity index (χ3n) is 7.39. The predicted octanol–water partition coefficient (Wildman–Crippen LogP) is 4.44. The number of anilines is 5. The molecule has 1 aromatic heterocycles. The van der Waals surface area contributed by atoms with Gasteiger partial charge in [-0.2, -0.15) is 4.98 Å². The van der Waals surface area contributed by atoms with Crippen molar-refractivity contribution in [3.05, 3.63) is 64.8 Å². The van der Waals surface area contributed by atoms with E-state index in [1.807, 2.05) is 61.3 Å². The standard InChI is InChI=1S/C29H37N7O2/c1-5-11-35-27-23(18-36(29(35)38)26-20(2)7-6-8-21(26)3)17-30-28(32-27)31-24-9-10-25(22(16-24)19-37)34-14-12-33(4)13-15-34/h6-10,16-17,37H,5,11-15,18-19H2,1-4H3,(H,30,31,32). The summed E-state index contributed by atoms with van der Waals surface area (Å²) in [5.74, 6) is 1.07. The van der Waals surface area contributed by atoms with E-state index in [2.05, 4.69) is 34.1 Å². The number of hydrogen-bond donors (Lipinski definition) is 2. The second kappa shape index (κ2) is 11.0.